The average Bonchev–Trinajstić information content (AvgIpc) is 3.27. The lowest BCUT2D eigenvalue weighted by molar-refractivity contribution is 0.0940. The van der Waals surface area contributed by atoms with E-state index in [-0.39, 0.29) is 18.7 Å². The van der Waals surface area contributed by atoms with E-state index in [0.29, 0.717) is 34.9 Å². The smallest absolute Gasteiger partial charge is 0.254 e. The van der Waals surface area contributed by atoms with Crippen molar-refractivity contribution in [3.63, 3.8) is 0 Å². The molecule has 0 unspecified atom stereocenters. The maximum Gasteiger partial charge on any atom is 0.254 e. The number of aromatic nitrogens is 3. The van der Waals surface area contributed by atoms with Gasteiger partial charge in [0.15, 0.2) is 11.5 Å². The molecule has 0 radical (unpaired) electrons. The number of amides is 1. The van der Waals surface area contributed by atoms with E-state index >= 15 is 0 Å². The predicted octanol–water partition coefficient (Wildman–Crippen LogP) is 4.24. The zero-order chi connectivity index (χ0) is 25.9. The van der Waals surface area contributed by atoms with Gasteiger partial charge < -0.3 is 19.9 Å². The molecular weight excluding hydrogens is 475 g/mol. The Morgan fingerprint density at radius 2 is 1.92 bits per heavy atom. The van der Waals surface area contributed by atoms with Gasteiger partial charge in [0, 0.05) is 36.0 Å². The van der Waals surface area contributed by atoms with E-state index in [9.17, 15) is 9.18 Å². The Labute approximate surface area is 212 Å². The number of rotatable bonds is 8. The van der Waals surface area contributed by atoms with Crippen LogP contribution in [0.5, 0.6) is 11.5 Å². The summed E-state index contributed by atoms with van der Waals surface area (Å²) < 4.78 is 27.9. The molecule has 9 heteroatoms. The van der Waals surface area contributed by atoms with Crippen LogP contribution in [0.2, 0.25) is 0 Å². The van der Waals surface area contributed by atoms with Gasteiger partial charge >= 0.3 is 0 Å². The van der Waals surface area contributed by atoms with Crippen LogP contribution in [0.25, 0.3) is 33.1 Å². The highest BCUT2D eigenvalue weighted by Gasteiger charge is 2.20. The minimum absolute atomic E-state index is 0.0267. The number of benzene rings is 3. The minimum Gasteiger partial charge on any atom is -0.493 e. The van der Waals surface area contributed by atoms with Gasteiger partial charge in [0.2, 0.25) is 0 Å². The molecule has 2 N–H and O–H groups in total. The second kappa shape index (κ2) is 10.2. The van der Waals surface area contributed by atoms with Crippen molar-refractivity contribution in [1.82, 2.24) is 20.1 Å². The summed E-state index contributed by atoms with van der Waals surface area (Å²) in [7, 11) is 3.38. The predicted molar refractivity (Wildman–Crippen MR) is 138 cm³/mol. The lowest BCUT2D eigenvalue weighted by Gasteiger charge is -2.13. The topological polar surface area (TPSA) is 98.5 Å². The Bertz CT molecular complexity index is 1600. The van der Waals surface area contributed by atoms with Gasteiger partial charge in [-0.15, -0.1) is 0 Å². The number of methoxy groups -OCH3 is 1. The molecule has 0 aliphatic heterocycles. The Kier molecular flexibility index (Phi) is 6.70. The molecular formula is C28H25FN4O4. The largest absolute Gasteiger partial charge is 0.493 e. The fraction of sp³-hybridized carbons (Fsp3) is 0.179. The number of ether oxygens (including phenoxy) is 2. The lowest BCUT2D eigenvalue weighted by Crippen LogP contribution is -2.27. The van der Waals surface area contributed by atoms with Crippen molar-refractivity contribution in [2.75, 3.05) is 20.3 Å². The average molecular weight is 501 g/mol. The molecule has 37 heavy (non-hydrogen) atoms. The van der Waals surface area contributed by atoms with Crippen molar-refractivity contribution in [2.24, 2.45) is 7.05 Å². The molecule has 188 valence electrons. The fourth-order valence-corrected chi connectivity index (χ4v) is 4.26. The van der Waals surface area contributed by atoms with Crippen molar-refractivity contribution < 1.29 is 23.8 Å². The van der Waals surface area contributed by atoms with Crippen LogP contribution in [0.3, 0.4) is 0 Å². The summed E-state index contributed by atoms with van der Waals surface area (Å²) in [5.41, 5.74) is 3.46. The molecule has 5 rings (SSSR count). The molecule has 0 atom stereocenters. The summed E-state index contributed by atoms with van der Waals surface area (Å²) in [6.45, 7) is 0.143. The third-order valence-electron chi connectivity index (χ3n) is 6.09. The zero-order valence-corrected chi connectivity index (χ0v) is 20.4. The van der Waals surface area contributed by atoms with Crippen molar-refractivity contribution in [3.05, 3.63) is 83.8 Å². The molecule has 3 aromatic carbocycles. The number of aliphatic hydroxyl groups is 1. The molecule has 0 bridgehead atoms. The van der Waals surface area contributed by atoms with Crippen LogP contribution in [-0.4, -0.2) is 46.0 Å². The highest BCUT2D eigenvalue weighted by Crippen LogP contribution is 2.39. The van der Waals surface area contributed by atoms with Gasteiger partial charge in [0.25, 0.3) is 5.91 Å². The number of fused-ring (bicyclic) bond motifs is 3. The van der Waals surface area contributed by atoms with Crippen LogP contribution in [0.1, 0.15) is 15.9 Å². The number of halogens is 1. The Morgan fingerprint density at radius 1 is 1.11 bits per heavy atom. The third-order valence-corrected chi connectivity index (χ3v) is 6.09. The third kappa shape index (κ3) is 4.68. The maximum absolute atomic E-state index is 14.5. The molecule has 5 aromatic rings. The number of nitrogens with one attached hydrogen (secondary N) is 1. The molecule has 8 nitrogen and oxygen atoms in total. The summed E-state index contributed by atoms with van der Waals surface area (Å²) in [4.78, 5) is 17.1. The van der Waals surface area contributed by atoms with Crippen molar-refractivity contribution >= 4 is 27.7 Å². The van der Waals surface area contributed by atoms with Gasteiger partial charge in [-0.2, -0.15) is 5.10 Å². The fourth-order valence-electron chi connectivity index (χ4n) is 4.26. The van der Waals surface area contributed by atoms with Crippen LogP contribution >= 0.6 is 0 Å². The highest BCUT2D eigenvalue weighted by molar-refractivity contribution is 6.12. The van der Waals surface area contributed by atoms with Gasteiger partial charge in [-0.1, -0.05) is 30.3 Å². The molecule has 0 saturated carbocycles. The molecule has 0 fully saturated rings. The number of carbonyl (C=O) groups excluding carboxylic acids is 1. The summed E-state index contributed by atoms with van der Waals surface area (Å²) in [6.07, 6.45) is 1.72. The first-order valence-corrected chi connectivity index (χ1v) is 11.7. The SMILES string of the molecule is COc1cc2ncc3c(c(-c4ccc(F)c(C(=O)NCCO)c4)nn3C)c2cc1OCc1ccccc1. The van der Waals surface area contributed by atoms with E-state index in [0.717, 1.165) is 21.9 Å². The molecule has 2 aromatic heterocycles. The Hall–Kier alpha value is -4.50. The quantitative estimate of drug-likeness (QED) is 0.331. The van der Waals surface area contributed by atoms with E-state index in [2.05, 4.69) is 15.4 Å². The number of carbonyl (C=O) groups is 1. The van der Waals surface area contributed by atoms with Crippen LogP contribution in [0, 0.1) is 5.82 Å². The molecule has 0 aliphatic carbocycles. The van der Waals surface area contributed by atoms with E-state index in [1.807, 2.05) is 42.5 Å². The molecule has 1 amide bonds. The van der Waals surface area contributed by atoms with Crippen molar-refractivity contribution in [2.45, 2.75) is 6.61 Å². The van der Waals surface area contributed by atoms with Crippen LogP contribution < -0.4 is 14.8 Å². The lowest BCUT2D eigenvalue weighted by atomic mass is 10.0. The molecule has 2 heterocycles. The standard InChI is InChI=1S/C28H25FN4O4/c1-33-23-15-31-22-14-24(36-2)25(37-16-17-6-4-3-5-7-17)13-20(22)26(23)27(32-33)18-8-9-21(29)19(12-18)28(35)30-10-11-34/h3-9,12-15,34H,10-11,16H2,1-2H3,(H,30,35). The second-order valence-corrected chi connectivity index (χ2v) is 8.46. The van der Waals surface area contributed by atoms with Gasteiger partial charge in [-0.3, -0.25) is 14.5 Å². The van der Waals surface area contributed by atoms with E-state index < -0.39 is 11.7 Å². The van der Waals surface area contributed by atoms with E-state index in [1.165, 1.54) is 12.1 Å². The summed E-state index contributed by atoms with van der Waals surface area (Å²) >= 11 is 0. The molecule has 0 aliphatic rings. The summed E-state index contributed by atoms with van der Waals surface area (Å²) in [5.74, 6) is -0.176. The van der Waals surface area contributed by atoms with E-state index in [4.69, 9.17) is 14.6 Å². The number of pyridine rings is 1. The van der Waals surface area contributed by atoms with Crippen molar-refractivity contribution in [1.29, 1.82) is 0 Å². The Morgan fingerprint density at radius 3 is 2.68 bits per heavy atom. The maximum atomic E-state index is 14.5. The van der Waals surface area contributed by atoms with Crippen LogP contribution in [-0.2, 0) is 13.7 Å². The van der Waals surface area contributed by atoms with Crippen LogP contribution in [0.15, 0.2) is 66.9 Å². The summed E-state index contributed by atoms with van der Waals surface area (Å²) in [6, 6.07) is 17.8. The highest BCUT2D eigenvalue weighted by atomic mass is 19.1. The summed E-state index contributed by atoms with van der Waals surface area (Å²) in [5, 5.41) is 17.7. The first-order valence-electron chi connectivity index (χ1n) is 11.7. The van der Waals surface area contributed by atoms with E-state index in [1.54, 1.807) is 31.1 Å². The van der Waals surface area contributed by atoms with Gasteiger partial charge in [0.1, 0.15) is 18.1 Å². The first-order chi connectivity index (χ1) is 18.0. The number of hydrogen-bond acceptors (Lipinski definition) is 6. The first kappa shape index (κ1) is 24.2. The van der Waals surface area contributed by atoms with Crippen molar-refractivity contribution in [3.8, 4) is 22.8 Å². The number of nitrogens with zero attached hydrogens (tertiary/aromatic N) is 3. The van der Waals surface area contributed by atoms with Crippen LogP contribution in [0.4, 0.5) is 4.39 Å². The normalized spacial score (nSPS) is 11.1. The molecule has 0 spiro atoms. The minimum atomic E-state index is -0.660. The zero-order valence-electron chi connectivity index (χ0n) is 20.4. The second-order valence-electron chi connectivity index (χ2n) is 8.46. The number of aliphatic hydroxyl groups excluding tert-OH is 1. The van der Waals surface area contributed by atoms with Gasteiger partial charge in [-0.05, 0) is 29.8 Å². The monoisotopic (exact) mass is 500 g/mol. The number of hydrogen-bond donors (Lipinski definition) is 2. The molecule has 0 saturated heterocycles. The van der Waals surface area contributed by atoms with Gasteiger partial charge in [0.05, 0.1) is 36.5 Å². The Balaban J connectivity index is 1.64. The number of aryl methyl sites for hydroxylation is 1. The van der Waals surface area contributed by atoms with Gasteiger partial charge in [-0.25, -0.2) is 4.39 Å².